The van der Waals surface area contributed by atoms with Gasteiger partial charge < -0.3 is 15.3 Å². The number of aromatic hydroxyl groups is 1. The van der Waals surface area contributed by atoms with E-state index < -0.39 is 6.03 Å². The van der Waals surface area contributed by atoms with Crippen molar-refractivity contribution in [1.29, 1.82) is 0 Å². The molecular formula is C21H26N4O3. The second kappa shape index (κ2) is 8.75. The number of anilines is 2. The first-order valence-corrected chi connectivity index (χ1v) is 9.36. The maximum Gasteiger partial charge on any atom is 0.325 e. The number of urea groups is 1. The van der Waals surface area contributed by atoms with Crippen molar-refractivity contribution in [3.63, 3.8) is 0 Å². The number of imide groups is 1. The van der Waals surface area contributed by atoms with Gasteiger partial charge in [-0.15, -0.1) is 0 Å². The standard InChI is InChI=1S/C21H26N4O3/c1-15-7-8-17(16(2)13-15)22-21(28)23-20(27)14-24-9-11-25(12-10-24)18-5-3-4-6-19(18)26/h3-8,13,26H,9-12,14H2,1-2H3,(H2,22,23,27,28). The second-order valence-electron chi connectivity index (χ2n) is 7.07. The maximum absolute atomic E-state index is 12.2. The number of phenolic OH excluding ortho intramolecular Hbond substituents is 1. The molecule has 3 amide bonds. The van der Waals surface area contributed by atoms with E-state index in [2.05, 4.69) is 15.5 Å². The Labute approximate surface area is 165 Å². The minimum absolute atomic E-state index is 0.162. The molecule has 3 rings (SSSR count). The molecule has 1 saturated heterocycles. The van der Waals surface area contributed by atoms with Gasteiger partial charge in [-0.25, -0.2) is 4.79 Å². The van der Waals surface area contributed by atoms with Crippen LogP contribution in [0.4, 0.5) is 16.2 Å². The van der Waals surface area contributed by atoms with Crippen molar-refractivity contribution in [2.75, 3.05) is 42.9 Å². The SMILES string of the molecule is Cc1ccc(NC(=O)NC(=O)CN2CCN(c3ccccc3O)CC2)c(C)c1. The molecule has 28 heavy (non-hydrogen) atoms. The number of benzene rings is 2. The van der Waals surface area contributed by atoms with Crippen LogP contribution in [0.15, 0.2) is 42.5 Å². The van der Waals surface area contributed by atoms with Gasteiger partial charge in [0, 0.05) is 31.9 Å². The van der Waals surface area contributed by atoms with Crippen LogP contribution in [-0.2, 0) is 4.79 Å². The first-order chi connectivity index (χ1) is 13.4. The van der Waals surface area contributed by atoms with E-state index in [1.165, 1.54) is 0 Å². The molecule has 1 aliphatic rings. The first kappa shape index (κ1) is 19.7. The monoisotopic (exact) mass is 382 g/mol. The molecule has 0 spiro atoms. The molecule has 1 fully saturated rings. The number of carbonyl (C=O) groups is 2. The summed E-state index contributed by atoms with van der Waals surface area (Å²) in [6.45, 7) is 6.84. The van der Waals surface area contributed by atoms with E-state index in [0.29, 0.717) is 31.9 Å². The highest BCUT2D eigenvalue weighted by atomic mass is 16.3. The van der Waals surface area contributed by atoms with Crippen LogP contribution >= 0.6 is 0 Å². The number of phenols is 1. The van der Waals surface area contributed by atoms with Crippen molar-refractivity contribution in [3.8, 4) is 5.75 Å². The van der Waals surface area contributed by atoms with Crippen LogP contribution in [-0.4, -0.2) is 54.7 Å². The molecule has 1 heterocycles. The highest BCUT2D eigenvalue weighted by Gasteiger charge is 2.21. The van der Waals surface area contributed by atoms with Gasteiger partial charge in [0.1, 0.15) is 5.75 Å². The molecule has 0 bridgehead atoms. The quantitative estimate of drug-likeness (QED) is 0.757. The van der Waals surface area contributed by atoms with Crippen LogP contribution in [0.5, 0.6) is 5.75 Å². The van der Waals surface area contributed by atoms with Crippen LogP contribution < -0.4 is 15.5 Å². The molecular weight excluding hydrogens is 356 g/mol. The van der Waals surface area contributed by atoms with E-state index in [1.54, 1.807) is 12.1 Å². The van der Waals surface area contributed by atoms with E-state index in [-0.39, 0.29) is 18.2 Å². The molecule has 0 unspecified atom stereocenters. The third kappa shape index (κ3) is 5.01. The Morgan fingerprint density at radius 2 is 1.75 bits per heavy atom. The summed E-state index contributed by atoms with van der Waals surface area (Å²) in [6.07, 6.45) is 0. The van der Waals surface area contributed by atoms with Gasteiger partial charge >= 0.3 is 6.03 Å². The molecule has 0 aliphatic carbocycles. The van der Waals surface area contributed by atoms with Gasteiger partial charge in [-0.2, -0.15) is 0 Å². The zero-order valence-electron chi connectivity index (χ0n) is 16.2. The summed E-state index contributed by atoms with van der Waals surface area (Å²) in [4.78, 5) is 28.4. The van der Waals surface area contributed by atoms with E-state index in [4.69, 9.17) is 0 Å². The van der Waals surface area contributed by atoms with E-state index >= 15 is 0 Å². The average Bonchev–Trinajstić information content (AvgIpc) is 2.65. The van der Waals surface area contributed by atoms with E-state index in [0.717, 1.165) is 16.8 Å². The molecule has 1 aliphatic heterocycles. The van der Waals surface area contributed by atoms with Crippen molar-refractivity contribution in [2.24, 2.45) is 0 Å². The number of amides is 3. The number of rotatable bonds is 4. The predicted octanol–water partition coefficient (Wildman–Crippen LogP) is 2.48. The Morgan fingerprint density at radius 1 is 1.04 bits per heavy atom. The maximum atomic E-state index is 12.2. The summed E-state index contributed by atoms with van der Waals surface area (Å²) >= 11 is 0. The molecule has 0 radical (unpaired) electrons. The minimum atomic E-state index is -0.523. The Hall–Kier alpha value is -3.06. The Bertz CT molecular complexity index is 860. The molecule has 3 N–H and O–H groups in total. The summed E-state index contributed by atoms with van der Waals surface area (Å²) in [5.41, 5.74) is 3.55. The van der Waals surface area contributed by atoms with E-state index in [1.807, 2.05) is 49.1 Å². The van der Waals surface area contributed by atoms with Gasteiger partial charge in [0.05, 0.1) is 12.2 Å². The minimum Gasteiger partial charge on any atom is -0.506 e. The molecule has 0 aromatic heterocycles. The largest absolute Gasteiger partial charge is 0.506 e. The third-order valence-electron chi connectivity index (χ3n) is 4.84. The fourth-order valence-electron chi connectivity index (χ4n) is 3.36. The summed E-state index contributed by atoms with van der Waals surface area (Å²) in [5.74, 6) is -0.0740. The first-order valence-electron chi connectivity index (χ1n) is 9.36. The van der Waals surface area contributed by atoms with Crippen molar-refractivity contribution in [1.82, 2.24) is 10.2 Å². The van der Waals surface area contributed by atoms with Gasteiger partial charge in [-0.3, -0.25) is 15.0 Å². The molecule has 7 heteroatoms. The number of piperazine rings is 1. The molecule has 2 aromatic rings. The Kier molecular flexibility index (Phi) is 6.16. The van der Waals surface area contributed by atoms with Crippen molar-refractivity contribution in [2.45, 2.75) is 13.8 Å². The number of hydrogen-bond acceptors (Lipinski definition) is 5. The van der Waals surface area contributed by atoms with Gasteiger partial charge in [-0.05, 0) is 37.6 Å². The highest BCUT2D eigenvalue weighted by molar-refractivity contribution is 6.02. The number of carbonyl (C=O) groups excluding carboxylic acids is 2. The average molecular weight is 382 g/mol. The Morgan fingerprint density at radius 3 is 2.43 bits per heavy atom. The lowest BCUT2D eigenvalue weighted by Crippen LogP contribution is -2.50. The van der Waals surface area contributed by atoms with E-state index in [9.17, 15) is 14.7 Å². The van der Waals surface area contributed by atoms with Crippen LogP contribution in [0.3, 0.4) is 0 Å². The second-order valence-corrected chi connectivity index (χ2v) is 7.07. The smallest absolute Gasteiger partial charge is 0.325 e. The van der Waals surface area contributed by atoms with Crippen LogP contribution in [0.2, 0.25) is 0 Å². The van der Waals surface area contributed by atoms with Gasteiger partial charge in [0.15, 0.2) is 0 Å². The fraction of sp³-hybridized carbons (Fsp3) is 0.333. The van der Waals surface area contributed by atoms with Crippen molar-refractivity contribution in [3.05, 3.63) is 53.6 Å². The number of nitrogens with zero attached hydrogens (tertiary/aromatic N) is 2. The van der Waals surface area contributed by atoms with Gasteiger partial charge in [0.25, 0.3) is 0 Å². The molecule has 2 aromatic carbocycles. The molecule has 0 atom stereocenters. The lowest BCUT2D eigenvalue weighted by molar-refractivity contribution is -0.121. The molecule has 0 saturated carbocycles. The molecule has 7 nitrogen and oxygen atoms in total. The summed E-state index contributed by atoms with van der Waals surface area (Å²) in [7, 11) is 0. The lowest BCUT2D eigenvalue weighted by Gasteiger charge is -2.35. The van der Waals surface area contributed by atoms with Crippen molar-refractivity contribution >= 4 is 23.3 Å². The van der Waals surface area contributed by atoms with Gasteiger partial charge in [-0.1, -0.05) is 29.8 Å². The zero-order valence-corrected chi connectivity index (χ0v) is 16.2. The number of nitrogens with one attached hydrogen (secondary N) is 2. The Balaban J connectivity index is 1.45. The van der Waals surface area contributed by atoms with Crippen molar-refractivity contribution < 1.29 is 14.7 Å². The molecule has 148 valence electrons. The number of para-hydroxylation sites is 2. The topological polar surface area (TPSA) is 84.9 Å². The van der Waals surface area contributed by atoms with Crippen LogP contribution in [0, 0.1) is 13.8 Å². The summed E-state index contributed by atoms with van der Waals surface area (Å²) in [6, 6.07) is 12.4. The third-order valence-corrected chi connectivity index (χ3v) is 4.84. The highest BCUT2D eigenvalue weighted by Crippen LogP contribution is 2.27. The van der Waals surface area contributed by atoms with Crippen LogP contribution in [0.1, 0.15) is 11.1 Å². The fourth-order valence-corrected chi connectivity index (χ4v) is 3.36. The zero-order chi connectivity index (χ0) is 20.1. The summed E-state index contributed by atoms with van der Waals surface area (Å²) in [5, 5.41) is 15.1. The van der Waals surface area contributed by atoms with Crippen LogP contribution in [0.25, 0.3) is 0 Å². The predicted molar refractivity (Wildman–Crippen MR) is 110 cm³/mol. The number of aryl methyl sites for hydroxylation is 2. The number of hydrogen-bond donors (Lipinski definition) is 3. The lowest BCUT2D eigenvalue weighted by atomic mass is 10.1. The van der Waals surface area contributed by atoms with Gasteiger partial charge in [0.2, 0.25) is 5.91 Å². The summed E-state index contributed by atoms with van der Waals surface area (Å²) < 4.78 is 0. The normalized spacial score (nSPS) is 14.6.